The number of aliphatic hydroxyl groups excluding tert-OH is 2. The first kappa shape index (κ1) is 30.5. The van der Waals surface area contributed by atoms with Gasteiger partial charge in [0.25, 0.3) is 11.6 Å². The molecule has 14 heteroatoms. The second kappa shape index (κ2) is 10.6. The molecule has 1 amide bonds. The van der Waals surface area contributed by atoms with Crippen LogP contribution in [0.25, 0.3) is 5.76 Å². The van der Waals surface area contributed by atoms with Crippen molar-refractivity contribution < 1.29 is 39.7 Å². The number of benzene rings is 2. The number of fused-ring (bicyclic) bond motifs is 3. The number of ketones is 2. The lowest BCUT2D eigenvalue weighted by Gasteiger charge is -2.50. The fraction of sp³-hybridized carbons (Fsp3) is 0.367. The smallest absolute Gasteiger partial charge is 0.269 e. The van der Waals surface area contributed by atoms with Crippen molar-refractivity contribution >= 4 is 40.3 Å². The van der Waals surface area contributed by atoms with Crippen molar-refractivity contribution in [2.45, 2.75) is 31.0 Å². The number of phenolic OH excluding ortho intramolecular Hbond substituents is 1. The van der Waals surface area contributed by atoms with Gasteiger partial charge in [-0.3, -0.25) is 29.4 Å². The highest BCUT2D eigenvalue weighted by atomic mass is 16.6. The number of rotatable bonds is 7. The van der Waals surface area contributed by atoms with E-state index in [2.05, 4.69) is 5.32 Å². The summed E-state index contributed by atoms with van der Waals surface area (Å²) in [5.74, 6) is -7.19. The third kappa shape index (κ3) is 4.45. The van der Waals surface area contributed by atoms with E-state index in [4.69, 9.17) is 5.73 Å². The maximum Gasteiger partial charge on any atom is 0.269 e. The Morgan fingerprint density at radius 3 is 2.32 bits per heavy atom. The molecule has 0 spiro atoms. The van der Waals surface area contributed by atoms with Crippen molar-refractivity contribution in [2.75, 3.05) is 38.4 Å². The summed E-state index contributed by atoms with van der Waals surface area (Å²) in [4.78, 5) is 53.2. The van der Waals surface area contributed by atoms with E-state index in [0.717, 1.165) is 0 Å². The number of aromatic hydroxyl groups is 1. The molecule has 0 bridgehead atoms. The van der Waals surface area contributed by atoms with Gasteiger partial charge in [0, 0.05) is 50.0 Å². The molecule has 232 valence electrons. The molecule has 14 nitrogen and oxygen atoms in total. The van der Waals surface area contributed by atoms with Crippen LogP contribution in [0.15, 0.2) is 47.2 Å². The van der Waals surface area contributed by atoms with Crippen molar-refractivity contribution in [3.05, 3.63) is 74.0 Å². The van der Waals surface area contributed by atoms with Crippen LogP contribution in [0.3, 0.4) is 0 Å². The molecule has 44 heavy (non-hydrogen) atoms. The van der Waals surface area contributed by atoms with Gasteiger partial charge in [0.1, 0.15) is 22.8 Å². The lowest BCUT2D eigenvalue weighted by atomic mass is 9.57. The SMILES string of the molecule is CN(C)c1cc(NCc2ccc([N+](=O)[O-])cc2)c(O)c2c1CC1CC3C(N(C)C)C(=O)C(C(N)=O)=C(O)C3(O)C(=O)C1=C2O. The maximum atomic E-state index is 14.1. The summed E-state index contributed by atoms with van der Waals surface area (Å²) in [5, 5.41) is 59.9. The van der Waals surface area contributed by atoms with Crippen molar-refractivity contribution in [2.24, 2.45) is 17.6 Å². The second-order valence-electron chi connectivity index (χ2n) is 11.8. The zero-order chi connectivity index (χ0) is 32.4. The van der Waals surface area contributed by atoms with E-state index in [9.17, 15) is 44.9 Å². The zero-order valence-electron chi connectivity index (χ0n) is 24.5. The number of nitro benzene ring substituents is 1. The van der Waals surface area contributed by atoms with Crippen LogP contribution >= 0.6 is 0 Å². The maximum absolute atomic E-state index is 14.1. The first-order valence-electron chi connectivity index (χ1n) is 13.8. The Labute approximate surface area is 251 Å². The minimum atomic E-state index is -2.73. The molecule has 0 saturated heterocycles. The number of amides is 1. The Hall–Kier alpha value is -4.95. The molecule has 2 aromatic carbocycles. The molecule has 3 aliphatic carbocycles. The number of hydrogen-bond acceptors (Lipinski definition) is 12. The largest absolute Gasteiger partial charge is 0.508 e. The molecule has 0 radical (unpaired) electrons. The molecule has 3 aliphatic rings. The molecule has 0 aromatic heterocycles. The molecule has 5 rings (SSSR count). The molecule has 4 unspecified atom stereocenters. The van der Waals surface area contributed by atoms with Crippen LogP contribution in [0.5, 0.6) is 5.75 Å². The Balaban J connectivity index is 1.63. The third-order valence-electron chi connectivity index (χ3n) is 8.81. The van der Waals surface area contributed by atoms with Crippen LogP contribution < -0.4 is 16.0 Å². The lowest BCUT2D eigenvalue weighted by Crippen LogP contribution is -2.65. The first-order valence-corrected chi connectivity index (χ1v) is 13.8. The molecule has 1 fully saturated rings. The number of nitrogens with zero attached hydrogens (tertiary/aromatic N) is 3. The van der Waals surface area contributed by atoms with E-state index in [0.29, 0.717) is 16.8 Å². The van der Waals surface area contributed by atoms with Crippen molar-refractivity contribution in [1.29, 1.82) is 0 Å². The minimum Gasteiger partial charge on any atom is -0.508 e. The fourth-order valence-corrected chi connectivity index (χ4v) is 6.76. The van der Waals surface area contributed by atoms with Crippen LogP contribution in [0.2, 0.25) is 0 Å². The van der Waals surface area contributed by atoms with Gasteiger partial charge in [-0.15, -0.1) is 0 Å². The van der Waals surface area contributed by atoms with Crippen LogP contribution in [0.4, 0.5) is 17.1 Å². The van der Waals surface area contributed by atoms with Crippen molar-refractivity contribution in [3.8, 4) is 5.75 Å². The van der Waals surface area contributed by atoms with Crippen LogP contribution in [-0.4, -0.2) is 87.6 Å². The Bertz CT molecular complexity index is 1680. The summed E-state index contributed by atoms with van der Waals surface area (Å²) in [6, 6.07) is 6.34. The number of nitrogens with two attached hydrogens (primary N) is 1. The fourth-order valence-electron chi connectivity index (χ4n) is 6.76. The van der Waals surface area contributed by atoms with Crippen molar-refractivity contribution in [1.82, 2.24) is 4.90 Å². The first-order chi connectivity index (χ1) is 20.6. The Kier molecular flexibility index (Phi) is 7.38. The summed E-state index contributed by atoms with van der Waals surface area (Å²) in [7, 11) is 6.62. The summed E-state index contributed by atoms with van der Waals surface area (Å²) in [6.07, 6.45) is 0.137. The lowest BCUT2D eigenvalue weighted by molar-refractivity contribution is -0.384. The van der Waals surface area contributed by atoms with E-state index in [-0.39, 0.29) is 47.6 Å². The number of anilines is 2. The van der Waals surface area contributed by atoms with E-state index in [1.165, 1.54) is 17.0 Å². The zero-order valence-corrected chi connectivity index (χ0v) is 24.5. The topological polar surface area (TPSA) is 220 Å². The number of likely N-dealkylation sites (N-methyl/N-ethyl adjacent to an activating group) is 1. The monoisotopic (exact) mass is 607 g/mol. The van der Waals surface area contributed by atoms with Crippen LogP contribution in [0, 0.1) is 22.0 Å². The van der Waals surface area contributed by atoms with Gasteiger partial charge in [0.05, 0.1) is 22.2 Å². The number of Topliss-reactive ketones (excluding diaryl/α,β-unsaturated/α-hetero) is 2. The number of carbonyl (C=O) groups is 3. The van der Waals surface area contributed by atoms with E-state index >= 15 is 0 Å². The van der Waals surface area contributed by atoms with Gasteiger partial charge in [-0.25, -0.2) is 0 Å². The van der Waals surface area contributed by atoms with Gasteiger partial charge < -0.3 is 36.4 Å². The molecule has 0 heterocycles. The summed E-state index contributed by atoms with van der Waals surface area (Å²) in [6.45, 7) is 0.159. The number of aliphatic hydroxyl groups is 3. The molecular weight excluding hydrogens is 574 g/mol. The van der Waals surface area contributed by atoms with Gasteiger partial charge in [0.15, 0.2) is 11.4 Å². The average molecular weight is 608 g/mol. The van der Waals surface area contributed by atoms with E-state index < -0.39 is 63.0 Å². The number of carbonyl (C=O) groups excluding carboxylic acids is 3. The predicted octanol–water partition coefficient (Wildman–Crippen LogP) is 1.55. The molecule has 2 aromatic rings. The molecular formula is C30H33N5O9. The van der Waals surface area contributed by atoms with Crippen LogP contribution in [0.1, 0.15) is 23.1 Å². The van der Waals surface area contributed by atoms with E-state index in [1.54, 1.807) is 51.3 Å². The number of primary amides is 1. The standard InChI is InChI=1S/C30H33N5O9/c1-33(2)19-11-18(32-12-13-5-7-15(8-6-13)35(43)44)24(36)21-16(19)9-14-10-17-23(34(3)4)26(38)22(29(31)41)28(40)30(17,42)27(39)20(14)25(21)37/h5-8,11,14,17,23,32,36-37,40,42H,9-10,12H2,1-4H3,(H2,31,41). The van der Waals surface area contributed by atoms with E-state index in [1.807, 2.05) is 0 Å². The predicted molar refractivity (Wildman–Crippen MR) is 159 cm³/mol. The second-order valence-corrected chi connectivity index (χ2v) is 11.8. The Morgan fingerprint density at radius 1 is 1.14 bits per heavy atom. The number of phenols is 1. The summed E-state index contributed by atoms with van der Waals surface area (Å²) in [5.41, 5.74) is 3.43. The number of hydrogen-bond donors (Lipinski definition) is 6. The van der Waals surface area contributed by atoms with Crippen molar-refractivity contribution in [3.63, 3.8) is 0 Å². The summed E-state index contributed by atoms with van der Waals surface area (Å²) < 4.78 is 0. The molecule has 7 N–H and O–H groups in total. The number of nitro groups is 1. The number of non-ortho nitro benzene ring substituents is 1. The minimum absolute atomic E-state index is 0.0143. The Morgan fingerprint density at radius 2 is 1.77 bits per heavy atom. The normalized spacial score (nSPS) is 24.5. The van der Waals surface area contributed by atoms with Gasteiger partial charge in [0.2, 0.25) is 5.78 Å². The highest BCUT2D eigenvalue weighted by Gasteiger charge is 2.64. The summed E-state index contributed by atoms with van der Waals surface area (Å²) >= 11 is 0. The van der Waals surface area contributed by atoms with Gasteiger partial charge >= 0.3 is 0 Å². The number of nitrogens with one attached hydrogen (secondary N) is 1. The van der Waals surface area contributed by atoms with Gasteiger partial charge in [-0.1, -0.05) is 12.1 Å². The molecule has 1 saturated carbocycles. The molecule has 0 aliphatic heterocycles. The molecule has 4 atom stereocenters. The van der Waals surface area contributed by atoms with Crippen LogP contribution in [-0.2, 0) is 27.3 Å². The van der Waals surface area contributed by atoms with Gasteiger partial charge in [-0.2, -0.15) is 0 Å². The highest BCUT2D eigenvalue weighted by molar-refractivity contribution is 6.24. The highest BCUT2D eigenvalue weighted by Crippen LogP contribution is 2.54. The quantitative estimate of drug-likeness (QED) is 0.114. The van der Waals surface area contributed by atoms with Gasteiger partial charge in [-0.05, 0) is 50.0 Å². The average Bonchev–Trinajstić information content (AvgIpc) is 2.94. The third-order valence-corrected chi connectivity index (χ3v) is 8.81.